The molecule has 0 bridgehead atoms. The van der Waals surface area contributed by atoms with E-state index in [-0.39, 0.29) is 24.0 Å². The Balaban J connectivity index is 1.30. The molecule has 0 saturated carbocycles. The molecule has 0 spiro atoms. The van der Waals surface area contributed by atoms with E-state index >= 15 is 0 Å². The van der Waals surface area contributed by atoms with E-state index in [0.717, 1.165) is 49.5 Å². The van der Waals surface area contributed by atoms with Gasteiger partial charge in [-0.25, -0.2) is 9.55 Å². The maximum Gasteiger partial charge on any atom is 0.525 e. The fourth-order valence-corrected chi connectivity index (χ4v) is 5.54. The number of benzene rings is 2. The summed E-state index contributed by atoms with van der Waals surface area (Å²) in [6, 6.07) is 18.3. The van der Waals surface area contributed by atoms with E-state index in [1.54, 1.807) is 0 Å². The molecule has 12 heteroatoms. The topological polar surface area (TPSA) is 152 Å². The third-order valence-electron chi connectivity index (χ3n) is 7.35. The molecule has 2 aromatic carbocycles. The maximum absolute atomic E-state index is 12.3. The fraction of sp³-hybridized carbons (Fsp3) is 0.367. The van der Waals surface area contributed by atoms with Gasteiger partial charge >= 0.3 is 7.82 Å². The molecule has 1 atom stereocenters. The predicted molar refractivity (Wildman–Crippen MR) is 154 cm³/mol. The van der Waals surface area contributed by atoms with Crippen molar-refractivity contribution in [3.8, 4) is 23.7 Å². The summed E-state index contributed by atoms with van der Waals surface area (Å²) in [6.45, 7) is 6.18. The molecule has 0 aliphatic carbocycles. The van der Waals surface area contributed by atoms with Crippen LogP contribution in [-0.4, -0.2) is 75.5 Å². The second kappa shape index (κ2) is 13.5. The van der Waals surface area contributed by atoms with Gasteiger partial charge in [-0.2, -0.15) is 5.26 Å². The van der Waals surface area contributed by atoms with E-state index in [4.69, 9.17) is 9.26 Å². The molecule has 3 aromatic rings. The molecule has 2 fully saturated rings. The molecule has 0 radical (unpaired) electrons. The van der Waals surface area contributed by atoms with E-state index in [1.165, 1.54) is 11.9 Å². The lowest BCUT2D eigenvalue weighted by Crippen LogP contribution is -2.47. The van der Waals surface area contributed by atoms with E-state index in [1.807, 2.05) is 36.4 Å². The zero-order chi connectivity index (χ0) is 29.5. The molecule has 2 aliphatic heterocycles. The van der Waals surface area contributed by atoms with Crippen LogP contribution >= 0.6 is 7.82 Å². The number of phosphoric acid groups is 1. The minimum atomic E-state index is -4.97. The largest absolute Gasteiger partial charge is 0.525 e. The number of ether oxygens (including phenoxy) is 1. The Morgan fingerprint density at radius 2 is 1.69 bits per heavy atom. The highest BCUT2D eigenvalue weighted by atomic mass is 31.2. The van der Waals surface area contributed by atoms with Gasteiger partial charge in [0.15, 0.2) is 0 Å². The molecule has 3 heterocycles. The zero-order valence-electron chi connectivity index (χ0n) is 23.0. The van der Waals surface area contributed by atoms with Crippen molar-refractivity contribution in [2.75, 3.05) is 45.9 Å². The minimum Gasteiger partial charge on any atom is -0.396 e. The first-order valence-electron chi connectivity index (χ1n) is 13.7. The molecule has 1 aromatic heterocycles. The molecule has 0 amide bonds. The summed E-state index contributed by atoms with van der Waals surface area (Å²) in [4.78, 5) is 41.9. The molecule has 42 heavy (non-hydrogen) atoms. The summed E-state index contributed by atoms with van der Waals surface area (Å²) in [5.41, 5.74) is 3.32. The standard InChI is InChI=1S/C30H32N5O6P/c31-16-25-18-35(19-25)20-27(15-28-29(41-42(37,38)39)30(36)33-21-32-28)26-9-7-23(8-10-26)2-1-22-3-5-24(6-4-22)17-34-11-13-40-14-12-34/h3-10,21,25,27H,11-15,17-20H2,(H,32,33,36)(H2,37,38,39)/t27-/m1/s1. The van der Waals surface area contributed by atoms with Crippen molar-refractivity contribution in [2.45, 2.75) is 18.9 Å². The van der Waals surface area contributed by atoms with E-state index in [0.29, 0.717) is 19.6 Å². The van der Waals surface area contributed by atoms with Gasteiger partial charge in [0.2, 0.25) is 5.75 Å². The average Bonchev–Trinajstić information content (AvgIpc) is 2.96. The highest BCUT2D eigenvalue weighted by Crippen LogP contribution is 2.38. The van der Waals surface area contributed by atoms with Crippen LogP contribution in [0.1, 0.15) is 33.9 Å². The molecule has 5 rings (SSSR count). The molecule has 2 aliphatic rings. The monoisotopic (exact) mass is 589 g/mol. The van der Waals surface area contributed by atoms with Crippen LogP contribution in [0, 0.1) is 29.1 Å². The van der Waals surface area contributed by atoms with Crippen molar-refractivity contribution in [2.24, 2.45) is 5.92 Å². The highest BCUT2D eigenvalue weighted by molar-refractivity contribution is 7.46. The normalized spacial score (nSPS) is 17.0. The Morgan fingerprint density at radius 3 is 2.31 bits per heavy atom. The van der Waals surface area contributed by atoms with Gasteiger partial charge in [-0.1, -0.05) is 36.1 Å². The lowest BCUT2D eigenvalue weighted by molar-refractivity contribution is 0.0342. The third kappa shape index (κ3) is 8.15. The number of nitrogens with one attached hydrogen (secondary N) is 1. The van der Waals surface area contributed by atoms with Gasteiger partial charge < -0.3 is 19.1 Å². The molecular formula is C30H32N5O6P. The van der Waals surface area contributed by atoms with Crippen LogP contribution < -0.4 is 10.1 Å². The first-order valence-corrected chi connectivity index (χ1v) is 15.2. The predicted octanol–water partition coefficient (Wildman–Crippen LogP) is 2.26. The Bertz CT molecular complexity index is 1570. The molecule has 2 saturated heterocycles. The van der Waals surface area contributed by atoms with Gasteiger partial charge in [-0.15, -0.1) is 0 Å². The van der Waals surface area contributed by atoms with Crippen molar-refractivity contribution in [3.05, 3.63) is 93.2 Å². The number of hydrogen-bond acceptors (Lipinski definition) is 8. The number of nitriles is 1. The second-order valence-corrected chi connectivity index (χ2v) is 11.7. The number of aromatic amines is 1. The van der Waals surface area contributed by atoms with Crippen LogP contribution in [0.3, 0.4) is 0 Å². The quantitative estimate of drug-likeness (QED) is 0.250. The molecule has 3 N–H and O–H groups in total. The van der Waals surface area contributed by atoms with Crippen molar-refractivity contribution in [1.82, 2.24) is 19.8 Å². The van der Waals surface area contributed by atoms with Gasteiger partial charge in [0.05, 0.1) is 37.2 Å². The lowest BCUT2D eigenvalue weighted by atomic mass is 9.90. The first kappa shape index (κ1) is 29.7. The Morgan fingerprint density at radius 1 is 1.05 bits per heavy atom. The number of aromatic nitrogens is 2. The van der Waals surface area contributed by atoms with Crippen LogP contribution in [0.25, 0.3) is 0 Å². The van der Waals surface area contributed by atoms with Gasteiger partial charge in [0.25, 0.3) is 5.56 Å². The van der Waals surface area contributed by atoms with Gasteiger partial charge in [-0.05, 0) is 35.4 Å². The molecule has 0 unspecified atom stereocenters. The molecule has 11 nitrogen and oxygen atoms in total. The van der Waals surface area contributed by atoms with Crippen LogP contribution in [0.4, 0.5) is 0 Å². The minimum absolute atomic E-state index is 0.0250. The van der Waals surface area contributed by atoms with Crippen LogP contribution in [0.15, 0.2) is 59.7 Å². The summed E-state index contributed by atoms with van der Waals surface area (Å²) in [7, 11) is -4.97. The molecular weight excluding hydrogens is 557 g/mol. The number of likely N-dealkylation sites (tertiary alicyclic amines) is 1. The summed E-state index contributed by atoms with van der Waals surface area (Å²) < 4.78 is 21.6. The fourth-order valence-electron chi connectivity index (χ4n) is 5.11. The van der Waals surface area contributed by atoms with Crippen LogP contribution in [-0.2, 0) is 22.3 Å². The Kier molecular flexibility index (Phi) is 9.51. The smallest absolute Gasteiger partial charge is 0.396 e. The van der Waals surface area contributed by atoms with Crippen molar-refractivity contribution < 1.29 is 23.6 Å². The van der Waals surface area contributed by atoms with E-state index < -0.39 is 19.1 Å². The Labute approximate surface area is 244 Å². The van der Waals surface area contributed by atoms with E-state index in [9.17, 15) is 24.4 Å². The van der Waals surface area contributed by atoms with Crippen LogP contribution in [0.5, 0.6) is 5.75 Å². The number of rotatable bonds is 9. The van der Waals surface area contributed by atoms with Crippen LogP contribution in [0.2, 0.25) is 0 Å². The van der Waals surface area contributed by atoms with E-state index in [2.05, 4.69) is 49.8 Å². The van der Waals surface area contributed by atoms with Gasteiger partial charge in [0.1, 0.15) is 0 Å². The van der Waals surface area contributed by atoms with Gasteiger partial charge in [0, 0.05) is 62.7 Å². The van der Waals surface area contributed by atoms with Crippen molar-refractivity contribution in [3.63, 3.8) is 0 Å². The number of phosphoric ester groups is 1. The second-order valence-electron chi connectivity index (χ2n) is 10.5. The summed E-state index contributed by atoms with van der Waals surface area (Å²) in [6.07, 6.45) is 1.39. The highest BCUT2D eigenvalue weighted by Gasteiger charge is 2.30. The molecule has 218 valence electrons. The number of nitrogens with zero attached hydrogens (tertiary/aromatic N) is 4. The summed E-state index contributed by atoms with van der Waals surface area (Å²) >= 11 is 0. The number of morpholine rings is 1. The number of H-pyrrole nitrogens is 1. The van der Waals surface area contributed by atoms with Crippen molar-refractivity contribution >= 4 is 7.82 Å². The average molecular weight is 590 g/mol. The lowest BCUT2D eigenvalue weighted by Gasteiger charge is -2.37. The third-order valence-corrected chi connectivity index (χ3v) is 7.77. The number of hydrogen-bond donors (Lipinski definition) is 3. The summed E-state index contributed by atoms with van der Waals surface area (Å²) in [5.74, 6) is 5.73. The van der Waals surface area contributed by atoms with Gasteiger partial charge in [-0.3, -0.25) is 19.5 Å². The first-order chi connectivity index (χ1) is 20.3. The van der Waals surface area contributed by atoms with Crippen molar-refractivity contribution in [1.29, 1.82) is 5.26 Å². The zero-order valence-corrected chi connectivity index (χ0v) is 23.9. The SMILES string of the molecule is N#CC1CN(C[C@@H](Cc2nc[nH]c(=O)c2OP(=O)(O)O)c2ccc(C#Cc3ccc(CN4CCOCC4)cc3)cc2)C1. The maximum atomic E-state index is 12.3. The summed E-state index contributed by atoms with van der Waals surface area (Å²) in [5, 5.41) is 9.17. The Hall–Kier alpha value is -3.80.